The van der Waals surface area contributed by atoms with E-state index in [4.69, 9.17) is 16.0 Å². The lowest BCUT2D eigenvalue weighted by atomic mass is 10.1. The van der Waals surface area contributed by atoms with Crippen molar-refractivity contribution in [3.63, 3.8) is 0 Å². The molecular weight excluding hydrogens is 330 g/mol. The minimum Gasteiger partial charge on any atom is -0.419 e. The average molecular weight is 346 g/mol. The molecule has 0 spiro atoms. The highest BCUT2D eigenvalue weighted by atomic mass is 35.5. The van der Waals surface area contributed by atoms with Crippen molar-refractivity contribution < 1.29 is 4.42 Å². The molecule has 0 saturated carbocycles. The van der Waals surface area contributed by atoms with Gasteiger partial charge in [0.15, 0.2) is 0 Å². The molecule has 0 bridgehead atoms. The molecule has 1 saturated heterocycles. The van der Waals surface area contributed by atoms with Crippen LogP contribution in [-0.4, -0.2) is 21.6 Å². The van der Waals surface area contributed by atoms with Crippen molar-refractivity contribution in [2.45, 2.75) is 25.4 Å². The Kier molecular flexibility index (Phi) is 4.16. The van der Waals surface area contributed by atoms with Gasteiger partial charge in [-0.1, -0.05) is 11.6 Å². The molecule has 1 fully saturated rings. The lowest BCUT2D eigenvalue weighted by Crippen LogP contribution is -2.22. The van der Waals surface area contributed by atoms with E-state index in [0.717, 1.165) is 12.1 Å². The SMILES string of the molecule is Clc1ccc(-c2nnc(CN3CCC[C@H]3c3ccsc3)o2)cc1. The Balaban J connectivity index is 1.50. The van der Waals surface area contributed by atoms with Crippen LogP contribution in [0.5, 0.6) is 0 Å². The Morgan fingerprint density at radius 1 is 1.22 bits per heavy atom. The highest BCUT2D eigenvalue weighted by Gasteiger charge is 2.27. The van der Waals surface area contributed by atoms with Gasteiger partial charge in [0, 0.05) is 16.6 Å². The summed E-state index contributed by atoms with van der Waals surface area (Å²) in [7, 11) is 0. The number of nitrogens with zero attached hydrogens (tertiary/aromatic N) is 3. The molecule has 3 aromatic rings. The number of rotatable bonds is 4. The number of thiophene rings is 1. The number of hydrogen-bond acceptors (Lipinski definition) is 5. The third-order valence-corrected chi connectivity index (χ3v) is 5.14. The molecule has 1 aliphatic heterocycles. The summed E-state index contributed by atoms with van der Waals surface area (Å²) in [5.74, 6) is 1.21. The number of likely N-dealkylation sites (tertiary alicyclic amines) is 1. The molecule has 2 aromatic heterocycles. The minimum atomic E-state index is 0.465. The second kappa shape index (κ2) is 6.43. The van der Waals surface area contributed by atoms with Crippen molar-refractivity contribution in [2.75, 3.05) is 6.54 Å². The molecule has 0 unspecified atom stereocenters. The number of hydrogen-bond donors (Lipinski definition) is 0. The van der Waals surface area contributed by atoms with Gasteiger partial charge in [-0.15, -0.1) is 10.2 Å². The van der Waals surface area contributed by atoms with Crippen molar-refractivity contribution in [3.8, 4) is 11.5 Å². The monoisotopic (exact) mass is 345 g/mol. The molecule has 118 valence electrons. The maximum atomic E-state index is 5.91. The van der Waals surface area contributed by atoms with E-state index in [9.17, 15) is 0 Å². The molecule has 23 heavy (non-hydrogen) atoms. The fraction of sp³-hybridized carbons (Fsp3) is 0.294. The van der Waals surface area contributed by atoms with Crippen LogP contribution in [-0.2, 0) is 6.54 Å². The predicted octanol–water partition coefficient (Wildman–Crippen LogP) is 4.79. The van der Waals surface area contributed by atoms with Crippen molar-refractivity contribution in [1.82, 2.24) is 15.1 Å². The number of benzene rings is 1. The molecule has 4 rings (SSSR count). The molecule has 0 aliphatic carbocycles. The van der Waals surface area contributed by atoms with E-state index in [1.807, 2.05) is 24.3 Å². The van der Waals surface area contributed by atoms with Gasteiger partial charge in [0.2, 0.25) is 11.8 Å². The summed E-state index contributed by atoms with van der Waals surface area (Å²) >= 11 is 7.66. The summed E-state index contributed by atoms with van der Waals surface area (Å²) in [4.78, 5) is 2.42. The molecular formula is C17H16ClN3OS. The van der Waals surface area contributed by atoms with E-state index in [1.54, 1.807) is 11.3 Å². The van der Waals surface area contributed by atoms with E-state index in [-0.39, 0.29) is 0 Å². The molecule has 1 aromatic carbocycles. The topological polar surface area (TPSA) is 42.2 Å². The predicted molar refractivity (Wildman–Crippen MR) is 91.4 cm³/mol. The normalized spacial score (nSPS) is 18.6. The van der Waals surface area contributed by atoms with Gasteiger partial charge in [-0.25, -0.2) is 0 Å². The second-order valence-corrected chi connectivity index (χ2v) is 6.91. The van der Waals surface area contributed by atoms with Gasteiger partial charge in [-0.2, -0.15) is 11.3 Å². The van der Waals surface area contributed by atoms with Crippen molar-refractivity contribution in [1.29, 1.82) is 0 Å². The molecule has 0 radical (unpaired) electrons. The van der Waals surface area contributed by atoms with Gasteiger partial charge < -0.3 is 4.42 Å². The van der Waals surface area contributed by atoms with Gasteiger partial charge in [0.05, 0.1) is 6.54 Å². The van der Waals surface area contributed by atoms with E-state index in [2.05, 4.69) is 31.9 Å². The van der Waals surface area contributed by atoms with Crippen molar-refractivity contribution >= 4 is 22.9 Å². The lowest BCUT2D eigenvalue weighted by molar-refractivity contribution is 0.224. The van der Waals surface area contributed by atoms with Gasteiger partial charge in [0.1, 0.15) is 0 Å². The Bertz CT molecular complexity index is 770. The zero-order valence-corrected chi connectivity index (χ0v) is 14.1. The standard InChI is InChI=1S/C17H16ClN3OS/c18-14-5-3-12(4-6-14)17-20-19-16(22-17)10-21-8-1-2-15(21)13-7-9-23-11-13/h3-7,9,11,15H,1-2,8,10H2/t15-/m0/s1. The maximum absolute atomic E-state index is 5.91. The summed E-state index contributed by atoms with van der Waals surface area (Å²) in [5, 5.41) is 13.4. The molecule has 0 N–H and O–H groups in total. The fourth-order valence-electron chi connectivity index (χ4n) is 3.06. The first-order chi connectivity index (χ1) is 11.3. The molecule has 6 heteroatoms. The first-order valence-electron chi connectivity index (χ1n) is 7.64. The fourth-order valence-corrected chi connectivity index (χ4v) is 3.89. The third kappa shape index (κ3) is 3.17. The van der Waals surface area contributed by atoms with Crippen LogP contribution in [0.15, 0.2) is 45.5 Å². The van der Waals surface area contributed by atoms with Crippen LogP contribution in [0.2, 0.25) is 5.02 Å². The smallest absolute Gasteiger partial charge is 0.247 e. The Morgan fingerprint density at radius 2 is 2.09 bits per heavy atom. The zero-order valence-electron chi connectivity index (χ0n) is 12.5. The highest BCUT2D eigenvalue weighted by Crippen LogP contribution is 2.34. The lowest BCUT2D eigenvalue weighted by Gasteiger charge is -2.21. The number of aromatic nitrogens is 2. The summed E-state index contributed by atoms with van der Waals surface area (Å²) in [6, 6.07) is 10.1. The van der Waals surface area contributed by atoms with Gasteiger partial charge in [0.25, 0.3) is 0 Å². The molecule has 0 amide bonds. The third-order valence-electron chi connectivity index (χ3n) is 4.19. The van der Waals surface area contributed by atoms with Gasteiger partial charge in [-0.05, 0) is 66.0 Å². The average Bonchev–Trinajstić information content (AvgIpc) is 3.29. The van der Waals surface area contributed by atoms with Crippen molar-refractivity contribution in [2.24, 2.45) is 0 Å². The zero-order chi connectivity index (χ0) is 15.6. The molecule has 1 atom stereocenters. The van der Waals surface area contributed by atoms with Crippen LogP contribution in [0, 0.1) is 0 Å². The van der Waals surface area contributed by atoms with Crippen LogP contribution >= 0.6 is 22.9 Å². The van der Waals surface area contributed by atoms with Crippen LogP contribution in [0.4, 0.5) is 0 Å². The summed E-state index contributed by atoms with van der Waals surface area (Å²) < 4.78 is 5.83. The van der Waals surface area contributed by atoms with E-state index >= 15 is 0 Å². The molecule has 1 aliphatic rings. The maximum Gasteiger partial charge on any atom is 0.247 e. The quantitative estimate of drug-likeness (QED) is 0.681. The van der Waals surface area contributed by atoms with Gasteiger partial charge >= 0.3 is 0 Å². The van der Waals surface area contributed by atoms with Crippen LogP contribution < -0.4 is 0 Å². The summed E-state index contributed by atoms with van der Waals surface area (Å²) in [6.07, 6.45) is 2.40. The number of halogens is 1. The molecule has 4 nitrogen and oxygen atoms in total. The van der Waals surface area contributed by atoms with Crippen molar-refractivity contribution in [3.05, 3.63) is 57.6 Å². The second-order valence-electron chi connectivity index (χ2n) is 5.69. The van der Waals surface area contributed by atoms with Crippen LogP contribution in [0.25, 0.3) is 11.5 Å². The Labute approximate surface area is 143 Å². The van der Waals surface area contributed by atoms with E-state index in [0.29, 0.717) is 29.4 Å². The van der Waals surface area contributed by atoms with E-state index in [1.165, 1.54) is 18.4 Å². The first-order valence-corrected chi connectivity index (χ1v) is 8.96. The largest absolute Gasteiger partial charge is 0.419 e. The summed E-state index contributed by atoms with van der Waals surface area (Å²) in [6.45, 7) is 1.76. The summed E-state index contributed by atoms with van der Waals surface area (Å²) in [5.41, 5.74) is 2.29. The van der Waals surface area contributed by atoms with E-state index < -0.39 is 0 Å². The minimum absolute atomic E-state index is 0.465. The Morgan fingerprint density at radius 3 is 2.87 bits per heavy atom. The van der Waals surface area contributed by atoms with Crippen LogP contribution in [0.1, 0.15) is 30.3 Å². The molecule has 3 heterocycles. The Hall–Kier alpha value is -1.69. The first kappa shape index (κ1) is 14.9. The highest BCUT2D eigenvalue weighted by molar-refractivity contribution is 7.07. The van der Waals surface area contributed by atoms with Gasteiger partial charge in [-0.3, -0.25) is 4.90 Å². The van der Waals surface area contributed by atoms with Crippen LogP contribution in [0.3, 0.4) is 0 Å².